The van der Waals surface area contributed by atoms with Crippen molar-refractivity contribution in [2.24, 2.45) is 0 Å². The van der Waals surface area contributed by atoms with Crippen LogP contribution < -0.4 is 24.4 Å². The van der Waals surface area contributed by atoms with Crippen LogP contribution in [0, 0.1) is 11.3 Å². The van der Waals surface area contributed by atoms with Gasteiger partial charge >= 0.3 is 6.03 Å². The summed E-state index contributed by atoms with van der Waals surface area (Å²) in [5.74, 6) is 1.38. The summed E-state index contributed by atoms with van der Waals surface area (Å²) < 4.78 is 16.1. The highest BCUT2D eigenvalue weighted by molar-refractivity contribution is 5.95. The summed E-state index contributed by atoms with van der Waals surface area (Å²) in [6.45, 7) is 2.88. The minimum Gasteiger partial charge on any atom is -0.493 e. The number of likely N-dealkylation sites (tertiary alicyclic amines) is 1. The van der Waals surface area contributed by atoms with Gasteiger partial charge in [-0.2, -0.15) is 5.26 Å². The van der Waals surface area contributed by atoms with Gasteiger partial charge < -0.3 is 29.3 Å². The molecule has 0 bridgehead atoms. The largest absolute Gasteiger partial charge is 0.493 e. The van der Waals surface area contributed by atoms with Crippen LogP contribution in [0.5, 0.6) is 17.2 Å². The van der Waals surface area contributed by atoms with Crippen molar-refractivity contribution in [1.82, 2.24) is 15.1 Å². The maximum absolute atomic E-state index is 12.9. The molecule has 2 saturated heterocycles. The number of nitrogens with one attached hydrogen (secondary N) is 1. The van der Waals surface area contributed by atoms with Crippen molar-refractivity contribution in [3.05, 3.63) is 12.1 Å². The molecule has 2 fully saturated rings. The molecule has 3 amide bonds. The van der Waals surface area contributed by atoms with E-state index >= 15 is 0 Å². The molecule has 0 aromatic heterocycles. The molecule has 0 radical (unpaired) electrons. The predicted octanol–water partition coefficient (Wildman–Crippen LogP) is 1.06. The van der Waals surface area contributed by atoms with E-state index < -0.39 is 0 Å². The molecule has 3 rings (SSSR count). The van der Waals surface area contributed by atoms with E-state index in [-0.39, 0.29) is 24.5 Å². The number of hydrogen-bond acceptors (Lipinski definition) is 7. The first-order chi connectivity index (χ1) is 15.0. The number of anilines is 1. The average molecular weight is 431 g/mol. The lowest BCUT2D eigenvalue weighted by Gasteiger charge is -2.22. The van der Waals surface area contributed by atoms with E-state index in [2.05, 4.69) is 11.4 Å². The first-order valence-corrected chi connectivity index (χ1v) is 10.3. The monoisotopic (exact) mass is 431 g/mol. The molecule has 1 aromatic rings. The van der Waals surface area contributed by atoms with E-state index in [1.165, 1.54) is 21.3 Å². The van der Waals surface area contributed by atoms with Crippen LogP contribution in [0.3, 0.4) is 0 Å². The molecule has 0 spiro atoms. The van der Waals surface area contributed by atoms with Gasteiger partial charge in [-0.15, -0.1) is 0 Å². The zero-order valence-corrected chi connectivity index (χ0v) is 18.2. The molecular formula is C21H29N5O5. The van der Waals surface area contributed by atoms with Crippen LogP contribution in [0.2, 0.25) is 0 Å². The molecule has 2 heterocycles. The van der Waals surface area contributed by atoms with Crippen LogP contribution in [0.4, 0.5) is 10.5 Å². The van der Waals surface area contributed by atoms with Gasteiger partial charge in [0, 0.05) is 44.9 Å². The van der Waals surface area contributed by atoms with Crippen molar-refractivity contribution in [2.75, 3.05) is 65.5 Å². The molecule has 1 N–H and O–H groups in total. The van der Waals surface area contributed by atoms with Crippen LogP contribution in [-0.2, 0) is 4.79 Å². The lowest BCUT2D eigenvalue weighted by molar-refractivity contribution is -0.130. The number of methoxy groups -OCH3 is 3. The highest BCUT2D eigenvalue weighted by Crippen LogP contribution is 2.41. The second-order valence-electron chi connectivity index (χ2n) is 7.36. The first-order valence-electron chi connectivity index (χ1n) is 10.3. The highest BCUT2D eigenvalue weighted by atomic mass is 16.5. The fraction of sp³-hybridized carbons (Fsp3) is 0.571. The van der Waals surface area contributed by atoms with Gasteiger partial charge in [-0.1, -0.05) is 0 Å². The number of hydrogen-bond donors (Lipinski definition) is 1. The van der Waals surface area contributed by atoms with Crippen molar-refractivity contribution in [2.45, 2.75) is 18.9 Å². The Bertz CT molecular complexity index is 830. The highest BCUT2D eigenvalue weighted by Gasteiger charge is 2.31. The standard InChI is InChI=1S/C21H29N5O5/c1-29-17-11-16(12-18(30-2)20(17)31-3)26-10-9-24(21(26)28)8-6-23-14-19(27)25-7-4-5-15(25)13-22/h11-12,15,23H,4-10,14H2,1-3H3/t15-/m0/s1. The van der Waals surface area contributed by atoms with Gasteiger partial charge in [0.1, 0.15) is 6.04 Å². The molecule has 10 heteroatoms. The lowest BCUT2D eigenvalue weighted by Crippen LogP contribution is -2.43. The average Bonchev–Trinajstić information content (AvgIpc) is 3.42. The number of rotatable bonds is 9. The fourth-order valence-electron chi connectivity index (χ4n) is 3.96. The van der Waals surface area contributed by atoms with E-state index in [1.807, 2.05) is 0 Å². The number of ether oxygens (including phenoxy) is 3. The van der Waals surface area contributed by atoms with Gasteiger partial charge in [-0.05, 0) is 12.8 Å². The van der Waals surface area contributed by atoms with Crippen molar-refractivity contribution in [1.29, 1.82) is 5.26 Å². The van der Waals surface area contributed by atoms with Crippen molar-refractivity contribution in [3.8, 4) is 23.3 Å². The first kappa shape index (κ1) is 22.5. The van der Waals surface area contributed by atoms with Gasteiger partial charge in [-0.3, -0.25) is 9.69 Å². The van der Waals surface area contributed by atoms with E-state index in [9.17, 15) is 9.59 Å². The second kappa shape index (κ2) is 10.2. The Hall–Kier alpha value is -3.19. The minimum absolute atomic E-state index is 0.0733. The van der Waals surface area contributed by atoms with Gasteiger partial charge in [0.2, 0.25) is 11.7 Å². The molecule has 2 aliphatic rings. The Morgan fingerprint density at radius 3 is 2.48 bits per heavy atom. The molecule has 31 heavy (non-hydrogen) atoms. The molecule has 0 unspecified atom stereocenters. The number of carbonyl (C=O) groups excluding carboxylic acids is 2. The molecule has 2 aliphatic heterocycles. The zero-order chi connectivity index (χ0) is 22.4. The van der Waals surface area contributed by atoms with Crippen LogP contribution >= 0.6 is 0 Å². The Morgan fingerprint density at radius 2 is 1.87 bits per heavy atom. The van der Waals surface area contributed by atoms with Gasteiger partial charge in [-0.25, -0.2) is 4.79 Å². The Balaban J connectivity index is 1.53. The Labute approximate surface area is 182 Å². The molecule has 1 aromatic carbocycles. The molecule has 0 saturated carbocycles. The van der Waals surface area contributed by atoms with Gasteiger partial charge in [0.05, 0.1) is 39.6 Å². The maximum Gasteiger partial charge on any atom is 0.324 e. The van der Waals surface area contributed by atoms with Crippen LogP contribution in [-0.4, -0.2) is 88.4 Å². The molecule has 0 aliphatic carbocycles. The third-order valence-corrected chi connectivity index (χ3v) is 5.61. The van der Waals surface area contributed by atoms with Crippen LogP contribution in [0.15, 0.2) is 12.1 Å². The van der Waals surface area contributed by atoms with E-state index in [4.69, 9.17) is 19.5 Å². The van der Waals surface area contributed by atoms with Crippen molar-refractivity contribution >= 4 is 17.6 Å². The van der Waals surface area contributed by atoms with E-state index in [0.717, 1.165) is 12.8 Å². The van der Waals surface area contributed by atoms with Gasteiger partial charge in [0.15, 0.2) is 11.5 Å². The smallest absolute Gasteiger partial charge is 0.324 e. The topological polar surface area (TPSA) is 107 Å². The third kappa shape index (κ3) is 4.77. The predicted molar refractivity (Wildman–Crippen MR) is 114 cm³/mol. The molecule has 1 atom stereocenters. The number of amides is 3. The second-order valence-corrected chi connectivity index (χ2v) is 7.36. The van der Waals surface area contributed by atoms with E-state index in [0.29, 0.717) is 55.7 Å². The van der Waals surface area contributed by atoms with Crippen LogP contribution in [0.1, 0.15) is 12.8 Å². The Kier molecular flexibility index (Phi) is 7.41. The minimum atomic E-state index is -0.318. The fourth-order valence-corrected chi connectivity index (χ4v) is 3.96. The van der Waals surface area contributed by atoms with Gasteiger partial charge in [0.25, 0.3) is 0 Å². The number of benzene rings is 1. The maximum atomic E-state index is 12.9. The number of nitrogens with zero attached hydrogens (tertiary/aromatic N) is 4. The van der Waals surface area contributed by atoms with E-state index in [1.54, 1.807) is 26.8 Å². The quantitative estimate of drug-likeness (QED) is 0.583. The number of nitriles is 1. The number of carbonyl (C=O) groups is 2. The summed E-state index contributed by atoms with van der Waals surface area (Å²) >= 11 is 0. The Morgan fingerprint density at radius 1 is 1.16 bits per heavy atom. The number of urea groups is 1. The normalized spacial score (nSPS) is 18.3. The summed E-state index contributed by atoms with van der Waals surface area (Å²) in [4.78, 5) is 30.2. The molecule has 168 valence electrons. The summed E-state index contributed by atoms with van der Waals surface area (Å²) in [5.41, 5.74) is 0.668. The lowest BCUT2D eigenvalue weighted by atomic mass is 10.2. The molecular weight excluding hydrogens is 402 g/mol. The van der Waals surface area contributed by atoms with Crippen molar-refractivity contribution in [3.63, 3.8) is 0 Å². The van der Waals surface area contributed by atoms with Crippen LogP contribution in [0.25, 0.3) is 0 Å². The van der Waals surface area contributed by atoms with Crippen molar-refractivity contribution < 1.29 is 23.8 Å². The molecule has 10 nitrogen and oxygen atoms in total. The summed E-state index contributed by atoms with van der Waals surface area (Å²) in [6, 6.07) is 5.24. The third-order valence-electron chi connectivity index (χ3n) is 5.61. The summed E-state index contributed by atoms with van der Waals surface area (Å²) in [6.07, 6.45) is 1.60. The SMILES string of the molecule is COc1cc(N2CCN(CCNCC(=O)N3CCC[C@H]3C#N)C2=O)cc(OC)c1OC. The zero-order valence-electron chi connectivity index (χ0n) is 18.2. The summed E-state index contributed by atoms with van der Waals surface area (Å²) in [5, 5.41) is 12.2. The summed E-state index contributed by atoms with van der Waals surface area (Å²) in [7, 11) is 4.60.